The summed E-state index contributed by atoms with van der Waals surface area (Å²) in [5.41, 5.74) is 4.96. The topological polar surface area (TPSA) is 58.4 Å². The van der Waals surface area contributed by atoms with Crippen molar-refractivity contribution in [3.63, 3.8) is 0 Å². The van der Waals surface area contributed by atoms with E-state index in [-0.39, 0.29) is 30.7 Å². The molecule has 0 aromatic carbocycles. The van der Waals surface area contributed by atoms with Crippen LogP contribution in [-0.4, -0.2) is 42.0 Å². The molecule has 0 radical (unpaired) electrons. The zero-order valence-corrected chi connectivity index (χ0v) is 13.2. The summed E-state index contributed by atoms with van der Waals surface area (Å²) in [6.45, 7) is 8.59. The van der Waals surface area contributed by atoms with Gasteiger partial charge in [-0.3, -0.25) is 9.69 Å². The average molecular weight is 300 g/mol. The maximum absolute atomic E-state index is 11.6. The largest absolute Gasteiger partial charge is 0.353 e. The second-order valence-corrected chi connectivity index (χ2v) is 5.21. The van der Waals surface area contributed by atoms with E-state index in [0.29, 0.717) is 6.04 Å². The lowest BCUT2D eigenvalue weighted by molar-refractivity contribution is -0.125. The molecular weight excluding hydrogens is 273 g/mol. The van der Waals surface area contributed by atoms with Crippen LogP contribution in [0.1, 0.15) is 40.0 Å². The monoisotopic (exact) mass is 299 g/mol. The first kappa shape index (κ1) is 20.3. The van der Waals surface area contributed by atoms with Crippen molar-refractivity contribution < 1.29 is 4.79 Å². The quantitative estimate of drug-likeness (QED) is 0.828. The number of hydrogen-bond acceptors (Lipinski definition) is 3. The fourth-order valence-electron chi connectivity index (χ4n) is 2.15. The first-order valence-corrected chi connectivity index (χ1v) is 6.26. The van der Waals surface area contributed by atoms with E-state index in [4.69, 9.17) is 5.73 Å². The van der Waals surface area contributed by atoms with E-state index in [2.05, 4.69) is 17.1 Å². The van der Waals surface area contributed by atoms with E-state index < -0.39 is 5.54 Å². The fourth-order valence-corrected chi connectivity index (χ4v) is 2.15. The van der Waals surface area contributed by atoms with Gasteiger partial charge in [0.15, 0.2) is 0 Å². The Morgan fingerprint density at radius 3 is 2.50 bits per heavy atom. The third kappa shape index (κ3) is 6.23. The van der Waals surface area contributed by atoms with Crippen molar-refractivity contribution in [2.75, 3.05) is 19.6 Å². The Balaban J connectivity index is 0. The van der Waals surface area contributed by atoms with Crippen LogP contribution in [0, 0.1) is 0 Å². The molecule has 0 saturated carbocycles. The Hall–Kier alpha value is -0.0300. The van der Waals surface area contributed by atoms with Gasteiger partial charge in [-0.1, -0.05) is 13.3 Å². The van der Waals surface area contributed by atoms with E-state index in [1.807, 2.05) is 0 Å². The standard InChI is InChI=1S/C12H25N3O.2ClH/c1-4-15-8-6-5-7-10(15)9-14-11(16)12(2,3)13;;/h10H,4-9,13H2,1-3H3,(H,14,16);2*1H. The second-order valence-electron chi connectivity index (χ2n) is 5.21. The minimum atomic E-state index is -0.772. The van der Waals surface area contributed by atoms with E-state index in [1.54, 1.807) is 13.8 Å². The fraction of sp³-hybridized carbons (Fsp3) is 0.917. The molecule has 1 aliphatic heterocycles. The summed E-state index contributed by atoms with van der Waals surface area (Å²) in [6, 6.07) is 0.491. The average Bonchev–Trinajstić information content (AvgIpc) is 2.24. The third-order valence-electron chi connectivity index (χ3n) is 3.24. The molecule has 1 fully saturated rings. The molecular formula is C12H27Cl2N3O. The molecule has 1 unspecified atom stereocenters. The number of hydrogen-bond donors (Lipinski definition) is 2. The number of nitrogens with two attached hydrogens (primary N) is 1. The van der Waals surface area contributed by atoms with Crippen LogP contribution < -0.4 is 11.1 Å². The normalized spacial score (nSPS) is 20.6. The lowest BCUT2D eigenvalue weighted by Gasteiger charge is -2.35. The highest BCUT2D eigenvalue weighted by atomic mass is 35.5. The minimum absolute atomic E-state index is 0. The molecule has 1 atom stereocenters. The van der Waals surface area contributed by atoms with Crippen molar-refractivity contribution in [3.8, 4) is 0 Å². The lowest BCUT2D eigenvalue weighted by atomic mass is 10.0. The molecule has 1 rings (SSSR count). The molecule has 6 heteroatoms. The second kappa shape index (κ2) is 8.97. The molecule has 4 nitrogen and oxygen atoms in total. The molecule has 1 amide bonds. The smallest absolute Gasteiger partial charge is 0.239 e. The van der Waals surface area contributed by atoms with Gasteiger partial charge in [0.1, 0.15) is 0 Å². The number of carbonyl (C=O) groups excluding carboxylic acids is 1. The van der Waals surface area contributed by atoms with Crippen molar-refractivity contribution in [2.24, 2.45) is 5.73 Å². The Morgan fingerprint density at radius 2 is 2.00 bits per heavy atom. The summed E-state index contributed by atoms with van der Waals surface area (Å²) < 4.78 is 0. The zero-order valence-electron chi connectivity index (χ0n) is 11.6. The summed E-state index contributed by atoms with van der Waals surface area (Å²) in [6.07, 6.45) is 3.73. The van der Waals surface area contributed by atoms with Crippen LogP contribution in [0.3, 0.4) is 0 Å². The third-order valence-corrected chi connectivity index (χ3v) is 3.24. The molecule has 18 heavy (non-hydrogen) atoms. The summed E-state index contributed by atoms with van der Waals surface area (Å²) in [7, 11) is 0. The molecule has 3 N–H and O–H groups in total. The number of likely N-dealkylation sites (N-methyl/N-ethyl adjacent to an activating group) is 1. The summed E-state index contributed by atoms with van der Waals surface area (Å²) >= 11 is 0. The van der Waals surface area contributed by atoms with Crippen LogP contribution in [0.2, 0.25) is 0 Å². The molecule has 1 aliphatic rings. The Kier molecular flexibility index (Phi) is 10.1. The van der Waals surface area contributed by atoms with E-state index in [1.165, 1.54) is 19.3 Å². The number of halogens is 2. The number of piperidine rings is 1. The highest BCUT2D eigenvalue weighted by Gasteiger charge is 2.25. The van der Waals surface area contributed by atoms with Gasteiger partial charge in [0.05, 0.1) is 5.54 Å². The first-order valence-electron chi connectivity index (χ1n) is 6.26. The van der Waals surface area contributed by atoms with Gasteiger partial charge in [-0.2, -0.15) is 0 Å². The maximum atomic E-state index is 11.6. The minimum Gasteiger partial charge on any atom is -0.353 e. The number of nitrogens with one attached hydrogen (secondary N) is 1. The van der Waals surface area contributed by atoms with E-state index in [0.717, 1.165) is 19.6 Å². The van der Waals surface area contributed by atoms with Gasteiger partial charge in [-0.05, 0) is 39.8 Å². The first-order chi connectivity index (χ1) is 7.45. The van der Waals surface area contributed by atoms with Crippen molar-refractivity contribution >= 4 is 30.7 Å². The van der Waals surface area contributed by atoms with Gasteiger partial charge >= 0.3 is 0 Å². The van der Waals surface area contributed by atoms with Gasteiger partial charge < -0.3 is 11.1 Å². The molecule has 110 valence electrons. The highest BCUT2D eigenvalue weighted by molar-refractivity contribution is 5.85. The Labute approximate surface area is 123 Å². The van der Waals surface area contributed by atoms with Crippen molar-refractivity contribution in [2.45, 2.75) is 51.6 Å². The van der Waals surface area contributed by atoms with E-state index >= 15 is 0 Å². The molecule has 0 aliphatic carbocycles. The van der Waals surface area contributed by atoms with Crippen LogP contribution in [0.4, 0.5) is 0 Å². The Bertz CT molecular complexity index is 244. The number of nitrogens with zero attached hydrogens (tertiary/aromatic N) is 1. The van der Waals surface area contributed by atoms with E-state index in [9.17, 15) is 4.79 Å². The number of carbonyl (C=O) groups is 1. The molecule has 0 spiro atoms. The predicted octanol–water partition coefficient (Wildman–Crippen LogP) is 1.56. The van der Waals surface area contributed by atoms with Crippen LogP contribution >= 0.6 is 24.8 Å². The van der Waals surface area contributed by atoms with Gasteiger partial charge in [-0.15, -0.1) is 24.8 Å². The summed E-state index contributed by atoms with van der Waals surface area (Å²) in [4.78, 5) is 14.1. The molecule has 0 aromatic rings. The lowest BCUT2D eigenvalue weighted by Crippen LogP contribution is -2.53. The summed E-state index contributed by atoms with van der Waals surface area (Å²) in [5, 5.41) is 2.95. The zero-order chi connectivity index (χ0) is 12.2. The summed E-state index contributed by atoms with van der Waals surface area (Å²) in [5.74, 6) is -0.0610. The van der Waals surface area contributed by atoms with Crippen LogP contribution in [0.15, 0.2) is 0 Å². The van der Waals surface area contributed by atoms with Crippen LogP contribution in [0.25, 0.3) is 0 Å². The molecule has 1 heterocycles. The van der Waals surface area contributed by atoms with Gasteiger partial charge in [-0.25, -0.2) is 0 Å². The number of rotatable bonds is 4. The van der Waals surface area contributed by atoms with Gasteiger partial charge in [0.2, 0.25) is 5.91 Å². The van der Waals surface area contributed by atoms with Crippen LogP contribution in [-0.2, 0) is 4.79 Å². The number of likely N-dealkylation sites (tertiary alicyclic amines) is 1. The van der Waals surface area contributed by atoms with Crippen LogP contribution in [0.5, 0.6) is 0 Å². The Morgan fingerprint density at radius 1 is 1.39 bits per heavy atom. The van der Waals surface area contributed by atoms with Crippen molar-refractivity contribution in [1.29, 1.82) is 0 Å². The van der Waals surface area contributed by atoms with Gasteiger partial charge in [0, 0.05) is 12.6 Å². The molecule has 0 bridgehead atoms. The SMILES string of the molecule is CCN1CCCCC1CNC(=O)C(C)(C)N.Cl.Cl. The van der Waals surface area contributed by atoms with Gasteiger partial charge in [0.25, 0.3) is 0 Å². The van der Waals surface area contributed by atoms with Crippen molar-refractivity contribution in [1.82, 2.24) is 10.2 Å². The molecule has 1 saturated heterocycles. The molecule has 0 aromatic heterocycles. The number of amides is 1. The van der Waals surface area contributed by atoms with Crippen molar-refractivity contribution in [3.05, 3.63) is 0 Å². The highest BCUT2D eigenvalue weighted by Crippen LogP contribution is 2.15. The maximum Gasteiger partial charge on any atom is 0.239 e. The predicted molar refractivity (Wildman–Crippen MR) is 80.7 cm³/mol.